The van der Waals surface area contributed by atoms with Crippen LogP contribution < -0.4 is 0 Å². The van der Waals surface area contributed by atoms with E-state index in [2.05, 4.69) is 35.9 Å². The molecule has 0 amide bonds. The predicted octanol–water partition coefficient (Wildman–Crippen LogP) is 2.35. The fourth-order valence-corrected chi connectivity index (χ4v) is 2.65. The molecule has 2 atom stereocenters. The van der Waals surface area contributed by atoms with E-state index >= 15 is 0 Å². The van der Waals surface area contributed by atoms with Crippen molar-refractivity contribution in [2.45, 2.75) is 32.7 Å². The molecule has 0 bridgehead atoms. The number of likely N-dealkylation sites (N-methyl/N-ethyl adjacent to an activating group) is 1. The second kappa shape index (κ2) is 5.14. The Morgan fingerprint density at radius 2 is 2.10 bits per heavy atom. The largest absolute Gasteiger partial charge is 0.366 e. The highest BCUT2D eigenvalue weighted by molar-refractivity contribution is 5.77. The molecule has 1 aromatic heterocycles. The van der Waals surface area contributed by atoms with Crippen LogP contribution in [0, 0.1) is 13.8 Å². The molecule has 0 spiro atoms. The minimum absolute atomic E-state index is 0.325. The summed E-state index contributed by atoms with van der Waals surface area (Å²) in [7, 11) is 1.91. The van der Waals surface area contributed by atoms with Crippen LogP contribution in [0.3, 0.4) is 0 Å². The van der Waals surface area contributed by atoms with E-state index in [9.17, 15) is 4.39 Å². The number of nitrogens with one attached hydrogen (secondary N) is 1. The number of nitrogens with zero attached hydrogens (tertiary/aromatic N) is 2. The summed E-state index contributed by atoms with van der Waals surface area (Å²) in [5.41, 5.74) is 4.40. The monoisotopic (exact) mass is 277 g/mol. The van der Waals surface area contributed by atoms with Crippen LogP contribution in [0.15, 0.2) is 12.1 Å². The second-order valence-electron chi connectivity index (χ2n) is 5.72. The highest BCUT2D eigenvalue weighted by atomic mass is 19.1. The van der Waals surface area contributed by atoms with Crippen molar-refractivity contribution < 1.29 is 9.13 Å². The van der Waals surface area contributed by atoms with Gasteiger partial charge in [0.2, 0.25) is 0 Å². The van der Waals surface area contributed by atoms with Crippen LogP contribution in [0.2, 0.25) is 0 Å². The van der Waals surface area contributed by atoms with E-state index in [-0.39, 0.29) is 6.10 Å². The van der Waals surface area contributed by atoms with Gasteiger partial charge in [0.05, 0.1) is 11.0 Å². The number of benzene rings is 1. The van der Waals surface area contributed by atoms with Crippen molar-refractivity contribution >= 4 is 11.0 Å². The number of aromatic amines is 1. The van der Waals surface area contributed by atoms with Crippen LogP contribution in [0.1, 0.15) is 17.0 Å². The molecule has 0 aliphatic carbocycles. The lowest BCUT2D eigenvalue weighted by molar-refractivity contribution is 0.00930. The molecule has 4 nitrogen and oxygen atoms in total. The molecule has 5 heteroatoms. The van der Waals surface area contributed by atoms with Gasteiger partial charge < -0.3 is 14.6 Å². The number of hydrogen-bond donors (Lipinski definition) is 1. The smallest absolute Gasteiger partial charge is 0.140 e. The maximum atomic E-state index is 13.7. The Morgan fingerprint density at radius 1 is 1.35 bits per heavy atom. The topological polar surface area (TPSA) is 41.1 Å². The van der Waals surface area contributed by atoms with Crippen LogP contribution in [-0.4, -0.2) is 47.3 Å². The lowest BCUT2D eigenvalue weighted by Gasteiger charge is -2.12. The van der Waals surface area contributed by atoms with Gasteiger partial charge in [-0.25, -0.2) is 9.37 Å². The average Bonchev–Trinajstić information content (AvgIpc) is 2.90. The Morgan fingerprint density at radius 3 is 2.80 bits per heavy atom. The van der Waals surface area contributed by atoms with E-state index in [1.165, 1.54) is 11.1 Å². The Labute approximate surface area is 117 Å². The summed E-state index contributed by atoms with van der Waals surface area (Å²) in [6.45, 7) is 5.56. The Bertz CT molecular complexity index is 586. The summed E-state index contributed by atoms with van der Waals surface area (Å²) >= 11 is 0. The number of hydrogen-bond acceptors (Lipinski definition) is 3. The van der Waals surface area contributed by atoms with Crippen LogP contribution in [0.5, 0.6) is 0 Å². The molecular weight excluding hydrogens is 257 g/mol. The lowest BCUT2D eigenvalue weighted by atomic mass is 10.1. The van der Waals surface area contributed by atoms with Gasteiger partial charge in [-0.1, -0.05) is 0 Å². The van der Waals surface area contributed by atoms with Gasteiger partial charge in [0.25, 0.3) is 0 Å². The first-order valence-corrected chi connectivity index (χ1v) is 6.93. The minimum Gasteiger partial charge on any atom is -0.366 e. The van der Waals surface area contributed by atoms with Crippen molar-refractivity contribution in [2.24, 2.45) is 0 Å². The van der Waals surface area contributed by atoms with E-state index in [1.54, 1.807) is 0 Å². The van der Waals surface area contributed by atoms with Gasteiger partial charge in [0.1, 0.15) is 24.7 Å². The van der Waals surface area contributed by atoms with Gasteiger partial charge >= 0.3 is 0 Å². The van der Waals surface area contributed by atoms with Gasteiger partial charge in [-0.2, -0.15) is 0 Å². The van der Waals surface area contributed by atoms with E-state index < -0.39 is 6.17 Å². The molecule has 2 aromatic rings. The highest BCUT2D eigenvalue weighted by Gasteiger charge is 2.31. The number of fused-ring (bicyclic) bond motifs is 1. The SMILES string of the molecule is Cc1cc2nc(COC3CN(C)CC3F)[nH]c2cc1C. The van der Waals surface area contributed by atoms with Crippen LogP contribution in [0.25, 0.3) is 11.0 Å². The summed E-state index contributed by atoms with van der Waals surface area (Å²) in [4.78, 5) is 9.69. The van der Waals surface area contributed by atoms with Gasteiger partial charge in [-0.15, -0.1) is 0 Å². The fraction of sp³-hybridized carbons (Fsp3) is 0.533. The molecule has 0 radical (unpaired) electrons. The van der Waals surface area contributed by atoms with Crippen LogP contribution in [-0.2, 0) is 11.3 Å². The molecular formula is C15H20FN3O. The summed E-state index contributed by atoms with van der Waals surface area (Å²) in [6, 6.07) is 4.15. The first kappa shape index (κ1) is 13.5. The number of halogens is 1. The molecule has 2 unspecified atom stereocenters. The summed E-state index contributed by atoms with van der Waals surface area (Å²) < 4.78 is 19.3. The Hall–Kier alpha value is -1.46. The first-order valence-electron chi connectivity index (χ1n) is 6.93. The van der Waals surface area contributed by atoms with Crippen molar-refractivity contribution in [3.8, 4) is 0 Å². The third kappa shape index (κ3) is 2.55. The predicted molar refractivity (Wildman–Crippen MR) is 76.5 cm³/mol. The van der Waals surface area contributed by atoms with E-state index in [1.807, 2.05) is 11.9 Å². The Kier molecular flexibility index (Phi) is 3.48. The molecule has 1 N–H and O–H groups in total. The number of aromatic nitrogens is 2. The quantitative estimate of drug-likeness (QED) is 0.936. The summed E-state index contributed by atoms with van der Waals surface area (Å²) in [5, 5.41) is 0. The van der Waals surface area contributed by atoms with Gasteiger partial charge in [-0.3, -0.25) is 0 Å². The molecule has 1 saturated heterocycles. The molecule has 2 heterocycles. The number of imidazole rings is 1. The van der Waals surface area contributed by atoms with Gasteiger partial charge in [0, 0.05) is 13.1 Å². The maximum absolute atomic E-state index is 13.7. The molecule has 1 aliphatic rings. The minimum atomic E-state index is -0.908. The number of rotatable bonds is 3. The van der Waals surface area contributed by atoms with Crippen molar-refractivity contribution in [3.05, 3.63) is 29.1 Å². The van der Waals surface area contributed by atoms with E-state index in [0.717, 1.165) is 16.9 Å². The standard InChI is InChI=1S/C15H20FN3O/c1-9-4-12-13(5-10(9)2)18-15(17-12)8-20-14-7-19(3)6-11(14)16/h4-5,11,14H,6-8H2,1-3H3,(H,17,18). The first-order chi connectivity index (χ1) is 9.52. The molecule has 1 aliphatic heterocycles. The third-order valence-electron chi connectivity index (χ3n) is 3.96. The van der Waals surface area contributed by atoms with Crippen molar-refractivity contribution in [2.75, 3.05) is 20.1 Å². The molecule has 0 saturated carbocycles. The second-order valence-corrected chi connectivity index (χ2v) is 5.72. The average molecular weight is 277 g/mol. The van der Waals surface area contributed by atoms with Crippen molar-refractivity contribution in [1.82, 2.24) is 14.9 Å². The third-order valence-corrected chi connectivity index (χ3v) is 3.96. The zero-order valence-electron chi connectivity index (χ0n) is 12.1. The van der Waals surface area contributed by atoms with Crippen LogP contribution in [0.4, 0.5) is 4.39 Å². The number of alkyl halides is 1. The van der Waals surface area contributed by atoms with E-state index in [4.69, 9.17) is 4.74 Å². The zero-order valence-corrected chi connectivity index (χ0v) is 12.1. The number of aryl methyl sites for hydroxylation is 2. The number of likely N-dealkylation sites (tertiary alicyclic amines) is 1. The fourth-order valence-electron chi connectivity index (χ4n) is 2.65. The normalized spacial score (nSPS) is 23.8. The van der Waals surface area contributed by atoms with Gasteiger partial charge in [-0.05, 0) is 44.2 Å². The Balaban J connectivity index is 1.72. The molecule has 1 fully saturated rings. The lowest BCUT2D eigenvalue weighted by Crippen LogP contribution is -2.23. The molecule has 3 rings (SSSR count). The van der Waals surface area contributed by atoms with Crippen molar-refractivity contribution in [3.63, 3.8) is 0 Å². The molecule has 1 aromatic carbocycles. The van der Waals surface area contributed by atoms with Gasteiger partial charge in [0.15, 0.2) is 0 Å². The highest BCUT2D eigenvalue weighted by Crippen LogP contribution is 2.19. The summed E-state index contributed by atoms with van der Waals surface area (Å²) in [6.07, 6.45) is -1.26. The maximum Gasteiger partial charge on any atom is 0.140 e. The number of ether oxygens (including phenoxy) is 1. The zero-order chi connectivity index (χ0) is 14.3. The summed E-state index contributed by atoms with van der Waals surface area (Å²) in [5.74, 6) is 0.756. The van der Waals surface area contributed by atoms with Crippen molar-refractivity contribution in [1.29, 1.82) is 0 Å². The molecule has 108 valence electrons. The van der Waals surface area contributed by atoms with Crippen LogP contribution >= 0.6 is 0 Å². The van der Waals surface area contributed by atoms with E-state index in [0.29, 0.717) is 19.7 Å². The molecule has 20 heavy (non-hydrogen) atoms. The number of H-pyrrole nitrogens is 1.